The number of hydrogen-bond acceptors (Lipinski definition) is 4. The Labute approximate surface area is 101 Å². The molecule has 1 heterocycles. The number of nitrogens with one attached hydrogen (secondary N) is 1. The predicted molar refractivity (Wildman–Crippen MR) is 58.4 cm³/mol. The van der Waals surface area contributed by atoms with E-state index >= 15 is 0 Å². The number of benzene rings is 1. The highest BCUT2D eigenvalue weighted by atomic mass is 32.2. The second-order valence-electron chi connectivity index (χ2n) is 4.15. The van der Waals surface area contributed by atoms with Gasteiger partial charge in [0.15, 0.2) is 27.3 Å². The Morgan fingerprint density at radius 2 is 1.72 bits per heavy atom. The second-order valence-corrected chi connectivity index (χ2v) is 6.30. The normalized spacial score (nSPS) is 26.2. The van der Waals surface area contributed by atoms with Gasteiger partial charge in [-0.05, 0) is 0 Å². The molecule has 18 heavy (non-hydrogen) atoms. The van der Waals surface area contributed by atoms with Crippen molar-refractivity contribution in [2.24, 2.45) is 0 Å². The van der Waals surface area contributed by atoms with Crippen LogP contribution < -0.4 is 5.32 Å². The molecule has 0 saturated carbocycles. The van der Waals surface area contributed by atoms with Crippen molar-refractivity contribution in [2.45, 2.75) is 12.1 Å². The van der Waals surface area contributed by atoms with E-state index in [4.69, 9.17) is 0 Å². The minimum Gasteiger partial charge on any atom is -0.390 e. The Kier molecular flexibility index (Phi) is 3.24. The lowest BCUT2D eigenvalue weighted by Crippen LogP contribution is -2.31. The van der Waals surface area contributed by atoms with E-state index in [1.807, 2.05) is 0 Å². The van der Waals surface area contributed by atoms with E-state index in [0.29, 0.717) is 12.1 Å². The number of sulfone groups is 1. The lowest BCUT2D eigenvalue weighted by Gasteiger charge is -2.16. The van der Waals surface area contributed by atoms with Crippen molar-refractivity contribution in [3.05, 3.63) is 29.6 Å². The molecule has 2 N–H and O–H groups in total. The molecule has 0 spiro atoms. The lowest BCUT2D eigenvalue weighted by molar-refractivity contribution is 0.190. The smallest absolute Gasteiger partial charge is 0.194 e. The molecule has 0 radical (unpaired) electrons. The summed E-state index contributed by atoms with van der Waals surface area (Å²) < 4.78 is 61.0. The van der Waals surface area contributed by atoms with Crippen LogP contribution in [0.1, 0.15) is 0 Å². The first kappa shape index (κ1) is 13.2. The first-order chi connectivity index (χ1) is 8.28. The van der Waals surface area contributed by atoms with Crippen LogP contribution in [0.4, 0.5) is 18.9 Å². The summed E-state index contributed by atoms with van der Waals surface area (Å²) in [5.41, 5.74) is -0.118. The van der Waals surface area contributed by atoms with Crippen molar-refractivity contribution in [1.29, 1.82) is 0 Å². The Morgan fingerprint density at radius 1 is 1.17 bits per heavy atom. The fourth-order valence-corrected chi connectivity index (χ4v) is 3.56. The molecule has 1 aromatic carbocycles. The molecule has 4 nitrogen and oxygen atoms in total. The van der Waals surface area contributed by atoms with Gasteiger partial charge in [0.25, 0.3) is 0 Å². The minimum atomic E-state index is -3.37. The van der Waals surface area contributed by atoms with E-state index < -0.39 is 45.2 Å². The van der Waals surface area contributed by atoms with Crippen LogP contribution in [0.2, 0.25) is 0 Å². The molecule has 0 aliphatic carbocycles. The molecule has 2 rings (SSSR count). The van der Waals surface area contributed by atoms with Crippen LogP contribution in [0.5, 0.6) is 0 Å². The van der Waals surface area contributed by atoms with Crippen molar-refractivity contribution in [3.8, 4) is 0 Å². The molecule has 0 aromatic heterocycles. The van der Waals surface area contributed by atoms with Gasteiger partial charge in [0.1, 0.15) is 0 Å². The predicted octanol–water partition coefficient (Wildman–Crippen LogP) is 0.674. The van der Waals surface area contributed by atoms with Crippen molar-refractivity contribution in [2.75, 3.05) is 16.8 Å². The minimum absolute atomic E-state index is 0.118. The van der Waals surface area contributed by atoms with Crippen LogP contribution in [0.15, 0.2) is 12.1 Å². The number of aliphatic hydroxyl groups is 1. The van der Waals surface area contributed by atoms with Gasteiger partial charge in [-0.15, -0.1) is 0 Å². The Bertz CT molecular complexity index is 553. The third-order valence-electron chi connectivity index (χ3n) is 2.66. The van der Waals surface area contributed by atoms with Crippen LogP contribution in [-0.2, 0) is 9.84 Å². The maximum atomic E-state index is 12.9. The number of anilines is 1. The maximum Gasteiger partial charge on any atom is 0.194 e. The molecule has 1 aliphatic heterocycles. The molecule has 1 fully saturated rings. The number of aliphatic hydroxyl groups excluding tert-OH is 1. The van der Waals surface area contributed by atoms with Gasteiger partial charge in [0.05, 0.1) is 23.7 Å². The first-order valence-electron chi connectivity index (χ1n) is 5.08. The molecule has 8 heteroatoms. The molecule has 1 aromatic rings. The molecular formula is C10H10F3NO3S. The molecule has 2 unspecified atom stereocenters. The molecular weight excluding hydrogens is 271 g/mol. The fraction of sp³-hybridized carbons (Fsp3) is 0.400. The molecule has 100 valence electrons. The first-order valence-corrected chi connectivity index (χ1v) is 6.90. The second kappa shape index (κ2) is 4.43. The van der Waals surface area contributed by atoms with E-state index in [0.717, 1.165) is 0 Å². The van der Waals surface area contributed by atoms with Gasteiger partial charge in [0.2, 0.25) is 0 Å². The third-order valence-corrected chi connectivity index (χ3v) is 4.37. The third kappa shape index (κ3) is 2.59. The maximum absolute atomic E-state index is 12.9. The van der Waals surface area contributed by atoms with E-state index in [2.05, 4.69) is 5.32 Å². The van der Waals surface area contributed by atoms with Crippen LogP contribution >= 0.6 is 0 Å². The van der Waals surface area contributed by atoms with Crippen LogP contribution in [-0.4, -0.2) is 37.2 Å². The van der Waals surface area contributed by atoms with Gasteiger partial charge in [0, 0.05) is 17.8 Å². The summed E-state index contributed by atoms with van der Waals surface area (Å²) in [5.74, 6) is -5.10. The summed E-state index contributed by atoms with van der Waals surface area (Å²) in [6.45, 7) is 0. The van der Waals surface area contributed by atoms with Crippen molar-refractivity contribution >= 4 is 15.5 Å². The lowest BCUT2D eigenvalue weighted by atomic mass is 10.2. The highest BCUT2D eigenvalue weighted by Gasteiger charge is 2.36. The van der Waals surface area contributed by atoms with Gasteiger partial charge < -0.3 is 10.4 Å². The average Bonchev–Trinajstić information content (AvgIpc) is 2.48. The zero-order chi connectivity index (χ0) is 13.5. The highest BCUT2D eigenvalue weighted by Crippen LogP contribution is 2.21. The van der Waals surface area contributed by atoms with Gasteiger partial charge in [-0.3, -0.25) is 0 Å². The van der Waals surface area contributed by atoms with Gasteiger partial charge >= 0.3 is 0 Å². The zero-order valence-corrected chi connectivity index (χ0v) is 9.85. The van der Waals surface area contributed by atoms with Crippen LogP contribution in [0.3, 0.4) is 0 Å². The van der Waals surface area contributed by atoms with Crippen molar-refractivity contribution in [3.63, 3.8) is 0 Å². The summed E-state index contributed by atoms with van der Waals surface area (Å²) >= 11 is 0. The largest absolute Gasteiger partial charge is 0.390 e. The topological polar surface area (TPSA) is 66.4 Å². The van der Waals surface area contributed by atoms with Crippen molar-refractivity contribution < 1.29 is 26.7 Å². The SMILES string of the molecule is O=S1(=O)CC(O)C(Nc2cc(F)c(F)c(F)c2)C1. The molecule has 0 bridgehead atoms. The quantitative estimate of drug-likeness (QED) is 0.782. The van der Waals surface area contributed by atoms with E-state index in [-0.39, 0.29) is 11.4 Å². The fourth-order valence-electron chi connectivity index (χ4n) is 1.82. The standard InChI is InChI=1S/C10H10F3NO3S/c11-6-1-5(2-7(12)10(6)13)14-8-3-18(16,17)4-9(8)15/h1-2,8-9,14-15H,3-4H2. The van der Waals surface area contributed by atoms with Crippen LogP contribution in [0, 0.1) is 17.5 Å². The zero-order valence-electron chi connectivity index (χ0n) is 9.03. The van der Waals surface area contributed by atoms with Gasteiger partial charge in [-0.2, -0.15) is 0 Å². The summed E-state index contributed by atoms with van der Waals surface area (Å²) in [4.78, 5) is 0. The Hall–Kier alpha value is -1.28. The molecule has 1 saturated heterocycles. The summed E-state index contributed by atoms with van der Waals surface area (Å²) in [5, 5.41) is 12.0. The molecule has 0 amide bonds. The van der Waals surface area contributed by atoms with Crippen LogP contribution in [0.25, 0.3) is 0 Å². The van der Waals surface area contributed by atoms with Crippen molar-refractivity contribution in [1.82, 2.24) is 0 Å². The number of hydrogen-bond donors (Lipinski definition) is 2. The molecule has 2 atom stereocenters. The number of halogens is 3. The van der Waals surface area contributed by atoms with Gasteiger partial charge in [-0.25, -0.2) is 21.6 Å². The average molecular weight is 281 g/mol. The van der Waals surface area contributed by atoms with Gasteiger partial charge in [-0.1, -0.05) is 0 Å². The monoisotopic (exact) mass is 281 g/mol. The summed E-state index contributed by atoms with van der Waals surface area (Å²) in [7, 11) is -3.37. The highest BCUT2D eigenvalue weighted by molar-refractivity contribution is 7.91. The van der Waals surface area contributed by atoms with E-state index in [1.165, 1.54) is 0 Å². The summed E-state index contributed by atoms with van der Waals surface area (Å²) in [6.07, 6.45) is -1.16. The molecule has 1 aliphatic rings. The van der Waals surface area contributed by atoms with E-state index in [9.17, 15) is 26.7 Å². The Morgan fingerprint density at radius 3 is 2.17 bits per heavy atom. The van der Waals surface area contributed by atoms with E-state index in [1.54, 1.807) is 0 Å². The summed E-state index contributed by atoms with van der Waals surface area (Å²) in [6, 6.07) is 0.547. The number of rotatable bonds is 2. The Balaban J connectivity index is 2.20.